The van der Waals surface area contributed by atoms with E-state index in [1.54, 1.807) is 101 Å². The summed E-state index contributed by atoms with van der Waals surface area (Å²) in [5.74, 6) is -3.43. The molecule has 12 rings (SSSR count). The molecule has 12 aromatic rings. The van der Waals surface area contributed by atoms with E-state index in [-0.39, 0.29) is 140 Å². The van der Waals surface area contributed by atoms with Crippen LogP contribution in [0.4, 0.5) is 13.2 Å². The number of hydrogen-bond donors (Lipinski definition) is 0. The SMILES string of the molecule is C.C.C.C.CCc1ccc(F)cc1[C@@H](Cn1c(=O)n(C(C)(C)C(=O)CC(C)C)c(=O)c2c(C)c(-n3nccn3)sc21)OCC(C)C#N.CCc1ccc(F)cc1[C@@H](Cn1c(=O)n(C(C)(C)C(=O)CC(C)C)c(=O)c2c(C)c(-n3nccn3)sc21)OC[C@@H](C)C#N.CCc1ccc(F)cc1[C@@H](Cn1c(=O)n(C(C)(C)C(=O)CC(C)C)c(=O)c2c(C)c(-n3nccn3)sc21)OC[C@H](C)C#N. The molecular weight excluding hydrogens is 1760 g/mol. The van der Waals surface area contributed by atoms with Crippen LogP contribution in [0.3, 0.4) is 0 Å². The zero-order chi connectivity index (χ0) is 94.9. The summed E-state index contributed by atoms with van der Waals surface area (Å²) in [7, 11) is 0. The third-order valence-corrected chi connectivity index (χ3v) is 26.6. The minimum atomic E-state index is -1.45. The van der Waals surface area contributed by atoms with Gasteiger partial charge >= 0.3 is 17.1 Å². The van der Waals surface area contributed by atoms with Gasteiger partial charge in [-0.25, -0.2) is 41.3 Å². The standard InChI is InChI=1S/3C31H37FN6O4S.4CH4/c3*1-8-21-9-10-22(32)14-23(21)24(42-17-19(4)15-33)16-36-29-26(20(5)28(43-29)38-34-11-12-35-38)27(40)37(30(36)41)31(6,7)25(39)13-18(2)3;;;;/h3*9-12,14,18-19,24H,8,13,16-17H2,1-7H3;4*1H4/t19?,24-;19-,24+;19-,24-;;;;/m101..../s1. The summed E-state index contributed by atoms with van der Waals surface area (Å²) in [6.45, 7) is 37.0. The fraction of sp³-hybridized carbons (Fsp3) is 0.505. The van der Waals surface area contributed by atoms with Gasteiger partial charge in [-0.15, -0.1) is 14.4 Å². The highest BCUT2D eigenvalue weighted by atomic mass is 32.1. The lowest BCUT2D eigenvalue weighted by Crippen LogP contribution is -2.53. The number of hydrogen-bond acceptors (Lipinski definition) is 24. The molecule has 6 atom stereocenters. The van der Waals surface area contributed by atoms with Gasteiger partial charge in [0.15, 0.2) is 17.3 Å². The maximum atomic E-state index is 14.6. The molecule has 0 N–H and O–H groups in total. The second-order valence-electron chi connectivity index (χ2n) is 35.1. The zero-order valence-electron chi connectivity index (χ0n) is 76.6. The molecule has 0 aliphatic carbocycles. The lowest BCUT2D eigenvalue weighted by atomic mass is 9.91. The molecule has 9 aromatic heterocycles. The van der Waals surface area contributed by atoms with Crippen molar-refractivity contribution in [1.29, 1.82) is 15.8 Å². The zero-order valence-corrected chi connectivity index (χ0v) is 79.1. The molecule has 133 heavy (non-hydrogen) atoms. The Kier molecular flexibility index (Phi) is 38.2. The first-order valence-corrected chi connectivity index (χ1v) is 45.4. The molecule has 0 bridgehead atoms. The van der Waals surface area contributed by atoms with E-state index < -0.39 is 104 Å². The topological polar surface area (TPSA) is 374 Å². The fourth-order valence-electron chi connectivity index (χ4n) is 15.4. The van der Waals surface area contributed by atoms with Crippen molar-refractivity contribution >= 4 is 82.0 Å². The van der Waals surface area contributed by atoms with Crippen molar-refractivity contribution in [1.82, 2.24) is 72.4 Å². The third-order valence-electron chi connectivity index (χ3n) is 22.7. The van der Waals surface area contributed by atoms with Crippen molar-refractivity contribution in [2.75, 3.05) is 19.8 Å². The smallest absolute Gasteiger partial charge is 0.333 e. The maximum absolute atomic E-state index is 14.6. The van der Waals surface area contributed by atoms with E-state index in [0.717, 1.165) is 30.4 Å². The lowest BCUT2D eigenvalue weighted by Gasteiger charge is -2.28. The second kappa shape index (κ2) is 46.2. The molecule has 0 amide bonds. The number of halogens is 3. The van der Waals surface area contributed by atoms with Crippen LogP contribution in [0.1, 0.15) is 242 Å². The molecule has 36 heteroatoms. The number of nitriles is 3. The first kappa shape index (κ1) is 110. The van der Waals surface area contributed by atoms with Crippen molar-refractivity contribution in [3.05, 3.63) is 222 Å². The fourth-order valence-corrected chi connectivity index (χ4v) is 19.1. The Labute approximate surface area is 785 Å². The Balaban J connectivity index is 0.000000302. The number of aryl methyl sites for hydroxylation is 6. The van der Waals surface area contributed by atoms with Gasteiger partial charge in [0.1, 0.15) is 81.9 Å². The van der Waals surface area contributed by atoms with Crippen LogP contribution in [-0.4, -0.2) is 110 Å². The Morgan fingerprint density at radius 1 is 0.391 bits per heavy atom. The number of thiophene rings is 3. The summed E-state index contributed by atoms with van der Waals surface area (Å²) in [6.07, 6.45) is 8.86. The largest absolute Gasteiger partial charge is 0.370 e. The van der Waals surface area contributed by atoms with Gasteiger partial charge in [-0.05, 0) is 190 Å². The van der Waals surface area contributed by atoms with Gasteiger partial charge < -0.3 is 14.2 Å². The summed E-state index contributed by atoms with van der Waals surface area (Å²) >= 11 is 3.52. The molecule has 3 aromatic carbocycles. The van der Waals surface area contributed by atoms with Crippen LogP contribution < -0.4 is 33.7 Å². The third kappa shape index (κ3) is 23.5. The van der Waals surface area contributed by atoms with Gasteiger partial charge in [0.2, 0.25) is 0 Å². The number of rotatable bonds is 36. The van der Waals surface area contributed by atoms with Crippen LogP contribution in [0.15, 0.2) is 121 Å². The van der Waals surface area contributed by atoms with E-state index in [2.05, 4.69) is 48.8 Å². The number of ether oxygens (including phenoxy) is 3. The highest BCUT2D eigenvalue weighted by molar-refractivity contribution is 7.22. The molecule has 0 saturated heterocycles. The molecular formula is C97H127F3N18O12S3. The Morgan fingerprint density at radius 2 is 0.609 bits per heavy atom. The summed E-state index contributed by atoms with van der Waals surface area (Å²) < 4.78 is 69.8. The molecule has 1 unspecified atom stereocenters. The molecule has 0 aliphatic heterocycles. The van der Waals surface area contributed by atoms with Crippen molar-refractivity contribution < 1.29 is 41.8 Å². The molecule has 9 heterocycles. The quantitative estimate of drug-likeness (QED) is 0.0352. The highest BCUT2D eigenvalue weighted by Crippen LogP contribution is 2.39. The van der Waals surface area contributed by atoms with Crippen molar-refractivity contribution in [2.24, 2.45) is 35.5 Å². The number of carbonyl (C=O) groups excluding carboxylic acids is 3. The maximum Gasteiger partial charge on any atom is 0.333 e. The first-order valence-electron chi connectivity index (χ1n) is 42.9. The summed E-state index contributed by atoms with van der Waals surface area (Å²) in [6, 6.07) is 19.7. The normalized spacial score (nSPS) is 13.0. The number of Topliss-reactive ketones (excluding diaryl/α,β-unsaturated/α-hetero) is 3. The number of aromatic nitrogens is 15. The second-order valence-corrected chi connectivity index (χ2v) is 38.0. The molecule has 0 spiro atoms. The predicted octanol–water partition coefficient (Wildman–Crippen LogP) is 17.8. The Morgan fingerprint density at radius 3 is 0.805 bits per heavy atom. The van der Waals surface area contributed by atoms with Gasteiger partial charge in [0.25, 0.3) is 16.7 Å². The van der Waals surface area contributed by atoms with Gasteiger partial charge in [-0.2, -0.15) is 46.4 Å². The summed E-state index contributed by atoms with van der Waals surface area (Å²) in [5.41, 5.74) is -2.36. The molecule has 0 fully saturated rings. The van der Waals surface area contributed by atoms with E-state index in [0.29, 0.717) is 82.1 Å². The van der Waals surface area contributed by atoms with Crippen LogP contribution in [0, 0.1) is 108 Å². The van der Waals surface area contributed by atoms with E-state index in [1.807, 2.05) is 62.3 Å². The van der Waals surface area contributed by atoms with Gasteiger partial charge in [-0.3, -0.25) is 42.5 Å². The lowest BCUT2D eigenvalue weighted by molar-refractivity contribution is -0.127. The van der Waals surface area contributed by atoms with E-state index in [4.69, 9.17) is 14.2 Å². The van der Waals surface area contributed by atoms with E-state index in [1.165, 1.54) is 136 Å². The predicted molar refractivity (Wildman–Crippen MR) is 516 cm³/mol. The van der Waals surface area contributed by atoms with Crippen molar-refractivity contribution in [2.45, 2.75) is 268 Å². The minimum Gasteiger partial charge on any atom is -0.370 e. The summed E-state index contributed by atoms with van der Waals surface area (Å²) in [5, 5.41) is 56.0. The molecule has 716 valence electrons. The molecule has 30 nitrogen and oxygen atoms in total. The van der Waals surface area contributed by atoms with Crippen LogP contribution >= 0.6 is 34.0 Å². The minimum absolute atomic E-state index is 0. The molecule has 0 radical (unpaired) electrons. The van der Waals surface area contributed by atoms with E-state index >= 15 is 0 Å². The van der Waals surface area contributed by atoms with Crippen LogP contribution in [0.25, 0.3) is 45.7 Å². The number of fused-ring (bicyclic) bond motifs is 3. The number of ketones is 3. The Hall–Kier alpha value is -11.9. The van der Waals surface area contributed by atoms with Gasteiger partial charge in [-0.1, -0.05) is 144 Å². The van der Waals surface area contributed by atoms with Crippen molar-refractivity contribution in [3.63, 3.8) is 0 Å². The van der Waals surface area contributed by atoms with Gasteiger partial charge in [0, 0.05) is 36.0 Å². The highest BCUT2D eigenvalue weighted by Gasteiger charge is 2.41. The average Bonchev–Trinajstić information content (AvgIpc) is 1.62. The van der Waals surface area contributed by atoms with Crippen molar-refractivity contribution in [3.8, 4) is 33.2 Å². The Bertz CT molecular complexity index is 6020. The molecule has 0 aliphatic rings. The number of carbonyl (C=O) groups is 3. The average molecular weight is 1890 g/mol. The number of benzene rings is 3. The van der Waals surface area contributed by atoms with Crippen LogP contribution in [0.5, 0.6) is 0 Å². The van der Waals surface area contributed by atoms with Crippen LogP contribution in [0.2, 0.25) is 0 Å². The number of nitrogens with zero attached hydrogens (tertiary/aromatic N) is 18. The summed E-state index contributed by atoms with van der Waals surface area (Å²) in [4.78, 5) is 131. The molecule has 0 saturated carbocycles. The van der Waals surface area contributed by atoms with Crippen LogP contribution in [-0.2, 0) is 84.1 Å². The van der Waals surface area contributed by atoms with Gasteiger partial charge in [0.05, 0.1) is 129 Å². The van der Waals surface area contributed by atoms with E-state index in [9.17, 15) is 72.1 Å². The first-order chi connectivity index (χ1) is 60.9. The monoisotopic (exact) mass is 1890 g/mol.